The Hall–Kier alpha value is -2.72. The highest BCUT2D eigenvalue weighted by molar-refractivity contribution is 7.18. The molecule has 2 aliphatic heterocycles. The number of piperazine rings is 1. The van der Waals surface area contributed by atoms with Crippen LogP contribution in [-0.4, -0.2) is 79.9 Å². The first-order valence-electron chi connectivity index (χ1n) is 11.7. The highest BCUT2D eigenvalue weighted by atomic mass is 32.1. The van der Waals surface area contributed by atoms with Crippen molar-refractivity contribution in [2.45, 2.75) is 51.4 Å². The summed E-state index contributed by atoms with van der Waals surface area (Å²) in [5, 5.41) is 17.4. The lowest BCUT2D eigenvalue weighted by Gasteiger charge is -2.38. The van der Waals surface area contributed by atoms with Crippen LogP contribution in [0, 0.1) is 0 Å². The predicted octanol–water partition coefficient (Wildman–Crippen LogP) is 3.28. The van der Waals surface area contributed by atoms with Gasteiger partial charge in [0.15, 0.2) is 5.82 Å². The molecule has 0 bridgehead atoms. The zero-order chi connectivity index (χ0) is 26.5. The van der Waals surface area contributed by atoms with E-state index in [4.69, 9.17) is 4.98 Å². The standard InChI is InChI=1S/C21H24F6N8OS/c1-2-3-12-10-13-15(34-8-9-35-14(11-34)30-31-17(35)20(22,23)24)28-19(29-16(13)37-12)33-6-4-32(5-7-33)18(36)21(25,26)27/h10,18,36H,2-9,11H2,1H3. The largest absolute Gasteiger partial charge is 0.451 e. The Kier molecular flexibility index (Phi) is 6.68. The third kappa shape index (κ3) is 5.05. The van der Waals surface area contributed by atoms with Gasteiger partial charge in [0, 0.05) is 44.1 Å². The molecular formula is C21H24F6N8OS. The number of alkyl halides is 6. The molecule has 0 amide bonds. The predicted molar refractivity (Wildman–Crippen MR) is 123 cm³/mol. The number of aromatic nitrogens is 5. The van der Waals surface area contributed by atoms with Crippen LogP contribution in [0.4, 0.5) is 38.1 Å². The Labute approximate surface area is 211 Å². The zero-order valence-electron chi connectivity index (χ0n) is 19.7. The maximum atomic E-state index is 13.3. The van der Waals surface area contributed by atoms with Gasteiger partial charge >= 0.3 is 12.4 Å². The summed E-state index contributed by atoms with van der Waals surface area (Å²) in [5.41, 5.74) is 0. The number of nitrogens with zero attached hydrogens (tertiary/aromatic N) is 8. The molecule has 3 aromatic heterocycles. The summed E-state index contributed by atoms with van der Waals surface area (Å²) >= 11 is 1.49. The summed E-state index contributed by atoms with van der Waals surface area (Å²) < 4.78 is 79.6. The number of hydrogen-bond donors (Lipinski definition) is 1. The van der Waals surface area contributed by atoms with Gasteiger partial charge in [-0.3, -0.25) is 4.90 Å². The number of halogens is 6. The van der Waals surface area contributed by atoms with Crippen LogP contribution in [0.25, 0.3) is 10.2 Å². The van der Waals surface area contributed by atoms with E-state index in [9.17, 15) is 31.4 Å². The van der Waals surface area contributed by atoms with E-state index in [2.05, 4.69) is 15.2 Å². The maximum absolute atomic E-state index is 13.3. The van der Waals surface area contributed by atoms with Crippen LogP contribution in [0.3, 0.4) is 0 Å². The number of aliphatic hydroxyl groups excluding tert-OH is 1. The monoisotopic (exact) mass is 550 g/mol. The fourth-order valence-corrected chi connectivity index (χ4v) is 5.74. The van der Waals surface area contributed by atoms with Crippen LogP contribution in [0.1, 0.15) is 29.9 Å². The normalized spacial score (nSPS) is 18.5. The van der Waals surface area contributed by atoms with Crippen LogP contribution in [-0.2, 0) is 25.7 Å². The van der Waals surface area contributed by atoms with E-state index in [1.165, 1.54) is 11.3 Å². The Morgan fingerprint density at radius 3 is 2.32 bits per heavy atom. The van der Waals surface area contributed by atoms with E-state index < -0.39 is 24.4 Å². The van der Waals surface area contributed by atoms with Gasteiger partial charge in [-0.2, -0.15) is 31.3 Å². The van der Waals surface area contributed by atoms with E-state index in [-0.39, 0.29) is 51.6 Å². The Bertz CT molecular complexity index is 1270. The molecule has 5 heterocycles. The topological polar surface area (TPSA) is 86.4 Å². The summed E-state index contributed by atoms with van der Waals surface area (Å²) in [4.78, 5) is 15.7. The number of aliphatic hydroxyl groups is 1. The zero-order valence-corrected chi connectivity index (χ0v) is 20.5. The van der Waals surface area contributed by atoms with Crippen LogP contribution in [0.15, 0.2) is 6.07 Å². The van der Waals surface area contributed by atoms with Crippen LogP contribution in [0.5, 0.6) is 0 Å². The second-order valence-electron chi connectivity index (χ2n) is 8.98. The van der Waals surface area contributed by atoms with Crippen LogP contribution < -0.4 is 9.80 Å². The van der Waals surface area contributed by atoms with Crippen LogP contribution in [0.2, 0.25) is 0 Å². The molecule has 0 spiro atoms. The Morgan fingerprint density at radius 1 is 0.973 bits per heavy atom. The molecule has 16 heteroatoms. The molecule has 0 aromatic carbocycles. The highest BCUT2D eigenvalue weighted by Crippen LogP contribution is 2.36. The van der Waals surface area contributed by atoms with E-state index in [0.29, 0.717) is 16.6 Å². The van der Waals surface area contributed by atoms with E-state index in [1.54, 1.807) is 4.90 Å². The van der Waals surface area contributed by atoms with Crippen molar-refractivity contribution in [1.29, 1.82) is 0 Å². The van der Waals surface area contributed by atoms with Crippen molar-refractivity contribution in [3.63, 3.8) is 0 Å². The quantitative estimate of drug-likeness (QED) is 0.485. The van der Waals surface area contributed by atoms with Crippen molar-refractivity contribution in [2.75, 3.05) is 42.5 Å². The summed E-state index contributed by atoms with van der Waals surface area (Å²) in [6.45, 7) is 2.67. The molecule has 202 valence electrons. The van der Waals surface area contributed by atoms with Gasteiger partial charge in [0.2, 0.25) is 18.0 Å². The lowest BCUT2D eigenvalue weighted by Crippen LogP contribution is -2.55. The number of anilines is 2. The van der Waals surface area contributed by atoms with E-state index in [0.717, 1.165) is 32.6 Å². The van der Waals surface area contributed by atoms with Crippen molar-refractivity contribution in [1.82, 2.24) is 29.6 Å². The van der Waals surface area contributed by atoms with Gasteiger partial charge in [0.05, 0.1) is 11.9 Å². The molecular weight excluding hydrogens is 526 g/mol. The van der Waals surface area contributed by atoms with Gasteiger partial charge in [-0.25, -0.2) is 4.98 Å². The van der Waals surface area contributed by atoms with Crippen molar-refractivity contribution in [2.24, 2.45) is 0 Å². The van der Waals surface area contributed by atoms with Crippen molar-refractivity contribution < 1.29 is 31.4 Å². The molecule has 1 atom stereocenters. The van der Waals surface area contributed by atoms with Gasteiger partial charge in [0.25, 0.3) is 0 Å². The summed E-state index contributed by atoms with van der Waals surface area (Å²) in [6, 6.07) is 1.99. The second kappa shape index (κ2) is 9.54. The summed E-state index contributed by atoms with van der Waals surface area (Å²) in [7, 11) is 0. The smallest absolute Gasteiger partial charge is 0.370 e. The molecule has 0 radical (unpaired) electrons. The van der Waals surface area contributed by atoms with Gasteiger partial charge < -0.3 is 19.5 Å². The summed E-state index contributed by atoms with van der Waals surface area (Å²) in [6.07, 6.45) is -10.1. The Morgan fingerprint density at radius 2 is 1.68 bits per heavy atom. The maximum Gasteiger partial charge on any atom is 0.451 e. The highest BCUT2D eigenvalue weighted by Gasteiger charge is 2.43. The van der Waals surface area contributed by atoms with Gasteiger partial charge in [-0.1, -0.05) is 13.3 Å². The molecule has 1 unspecified atom stereocenters. The minimum atomic E-state index is -4.74. The molecule has 1 N–H and O–H groups in total. The van der Waals surface area contributed by atoms with Gasteiger partial charge in [-0.15, -0.1) is 21.5 Å². The van der Waals surface area contributed by atoms with E-state index in [1.807, 2.05) is 17.9 Å². The molecule has 3 aromatic rings. The average molecular weight is 551 g/mol. The van der Waals surface area contributed by atoms with Crippen molar-refractivity contribution >= 4 is 33.3 Å². The van der Waals surface area contributed by atoms with Crippen molar-refractivity contribution in [3.05, 3.63) is 22.6 Å². The molecule has 2 aliphatic rings. The number of hydrogen-bond acceptors (Lipinski definition) is 9. The molecule has 1 saturated heterocycles. The number of aryl methyl sites for hydroxylation is 1. The minimum Gasteiger partial charge on any atom is -0.370 e. The molecule has 0 aliphatic carbocycles. The average Bonchev–Trinajstić information content (AvgIpc) is 3.46. The number of rotatable bonds is 5. The SMILES string of the molecule is CCCc1cc2c(N3CCn4c(nnc4C(F)(F)F)C3)nc(N3CCN(C(O)C(F)(F)F)CC3)nc2s1. The molecule has 5 rings (SSSR count). The molecule has 9 nitrogen and oxygen atoms in total. The van der Waals surface area contributed by atoms with E-state index >= 15 is 0 Å². The lowest BCUT2D eigenvalue weighted by molar-refractivity contribution is -0.250. The van der Waals surface area contributed by atoms with Crippen molar-refractivity contribution in [3.8, 4) is 0 Å². The molecule has 1 fully saturated rings. The first-order chi connectivity index (χ1) is 17.5. The third-order valence-electron chi connectivity index (χ3n) is 6.45. The first kappa shape index (κ1) is 25.9. The van der Waals surface area contributed by atoms with Crippen LogP contribution >= 0.6 is 11.3 Å². The van der Waals surface area contributed by atoms with Gasteiger partial charge in [0.1, 0.15) is 10.6 Å². The van der Waals surface area contributed by atoms with Gasteiger partial charge in [-0.05, 0) is 12.5 Å². The molecule has 37 heavy (non-hydrogen) atoms. The fraction of sp³-hybridized carbons (Fsp3) is 0.619. The third-order valence-corrected chi connectivity index (χ3v) is 7.54. The second-order valence-corrected chi connectivity index (χ2v) is 10.1. The fourth-order valence-electron chi connectivity index (χ4n) is 4.62. The summed E-state index contributed by atoms with van der Waals surface area (Å²) in [5.74, 6) is 0.0109. The number of thiophene rings is 1. The molecule has 0 saturated carbocycles. The lowest BCUT2D eigenvalue weighted by atomic mass is 10.2. The first-order valence-corrected chi connectivity index (χ1v) is 12.6. The Balaban J connectivity index is 1.45. The number of fused-ring (bicyclic) bond motifs is 2. The minimum absolute atomic E-state index is 0.0258.